The molecule has 1 saturated carbocycles. The lowest BCUT2D eigenvalue weighted by Gasteiger charge is -2.33. The summed E-state index contributed by atoms with van der Waals surface area (Å²) in [5.74, 6) is 0. The molecule has 0 saturated heterocycles. The fourth-order valence-corrected chi connectivity index (χ4v) is 10.8. The Hall–Kier alpha value is -4.62. The van der Waals surface area contributed by atoms with E-state index in [1.807, 2.05) is 91.0 Å². The average molecular weight is 874 g/mol. The Bertz CT molecular complexity index is 2290. The molecule has 1 fully saturated rings. The van der Waals surface area contributed by atoms with Crippen molar-refractivity contribution in [3.8, 4) is 18.2 Å². The molecule has 0 N–H and O–H groups in total. The fraction of sp³-hybridized carbons (Fsp3) is 0.167. The third kappa shape index (κ3) is 10.1. The predicted molar refractivity (Wildman–Crippen MR) is 249 cm³/mol. The Kier molecular flexibility index (Phi) is 16.4. The van der Waals surface area contributed by atoms with Gasteiger partial charge in [0, 0.05) is 0 Å². The zero-order chi connectivity index (χ0) is 41.4. The van der Waals surface area contributed by atoms with Gasteiger partial charge >= 0.3 is 0 Å². The Morgan fingerprint density at radius 2 is 0.914 bits per heavy atom. The second kappa shape index (κ2) is 21.4. The number of nitriles is 3. The molecule has 0 heterocycles. The third-order valence-corrected chi connectivity index (χ3v) is 15.5. The SMILES string of the molecule is C=Nc1ccc(C(SCl)(c2ccc(C#N)cc2)c2ccc(C#N)cc2)cc1.CC(SCl)(c1ccccc1)c1ccc(C#N)cc1.ClSC1(c2ccccc2)CCCC1. The van der Waals surface area contributed by atoms with E-state index in [0.29, 0.717) is 16.7 Å². The maximum atomic E-state index is 9.11. The highest BCUT2D eigenvalue weighted by atomic mass is 35.7. The van der Waals surface area contributed by atoms with Crippen molar-refractivity contribution in [1.29, 1.82) is 15.8 Å². The van der Waals surface area contributed by atoms with Crippen LogP contribution in [0.25, 0.3) is 0 Å². The van der Waals surface area contributed by atoms with Gasteiger partial charge in [-0.1, -0.05) is 122 Å². The minimum atomic E-state index is -0.705. The van der Waals surface area contributed by atoms with Gasteiger partial charge in [-0.25, -0.2) is 0 Å². The zero-order valence-electron chi connectivity index (χ0n) is 31.7. The lowest BCUT2D eigenvalue weighted by atomic mass is 9.83. The highest BCUT2D eigenvalue weighted by molar-refractivity contribution is 8.22. The molecule has 6 aromatic rings. The van der Waals surface area contributed by atoms with Crippen LogP contribution in [0.4, 0.5) is 5.69 Å². The predicted octanol–water partition coefficient (Wildman–Crippen LogP) is 15.0. The normalized spacial score (nSPS) is 13.7. The van der Waals surface area contributed by atoms with Crippen LogP contribution < -0.4 is 0 Å². The van der Waals surface area contributed by atoms with E-state index >= 15 is 0 Å². The van der Waals surface area contributed by atoms with E-state index < -0.39 is 4.75 Å². The number of nitrogens with zero attached hydrogens (tertiary/aromatic N) is 4. The third-order valence-electron chi connectivity index (χ3n) is 10.3. The van der Waals surface area contributed by atoms with Crippen LogP contribution in [0.15, 0.2) is 163 Å². The number of benzene rings is 6. The van der Waals surface area contributed by atoms with E-state index in [-0.39, 0.29) is 9.49 Å². The Morgan fingerprint density at radius 3 is 1.28 bits per heavy atom. The first-order chi connectivity index (χ1) is 28.2. The molecule has 0 spiro atoms. The Balaban J connectivity index is 0.000000178. The molecule has 0 amide bonds. The molecule has 7 rings (SSSR count). The smallest absolute Gasteiger partial charge is 0.106 e. The van der Waals surface area contributed by atoms with Crippen LogP contribution in [0, 0.1) is 34.0 Å². The molecule has 10 heteroatoms. The van der Waals surface area contributed by atoms with Gasteiger partial charge in [0.1, 0.15) is 4.75 Å². The zero-order valence-corrected chi connectivity index (χ0v) is 36.4. The van der Waals surface area contributed by atoms with Gasteiger partial charge in [0.2, 0.25) is 0 Å². The van der Waals surface area contributed by atoms with Gasteiger partial charge in [0.05, 0.1) is 50.1 Å². The van der Waals surface area contributed by atoms with Crippen LogP contribution in [-0.2, 0) is 14.2 Å². The van der Waals surface area contributed by atoms with Gasteiger partial charge in [-0.3, -0.25) is 4.99 Å². The van der Waals surface area contributed by atoms with Crippen LogP contribution in [0.2, 0.25) is 0 Å². The molecule has 1 unspecified atom stereocenters. The van der Waals surface area contributed by atoms with Crippen molar-refractivity contribution in [3.63, 3.8) is 0 Å². The average Bonchev–Trinajstić information content (AvgIpc) is 3.81. The van der Waals surface area contributed by atoms with Crippen LogP contribution in [0.3, 0.4) is 0 Å². The molecule has 0 aromatic heterocycles. The quantitative estimate of drug-likeness (QED) is 0.101. The van der Waals surface area contributed by atoms with Crippen molar-refractivity contribution < 1.29 is 0 Å². The van der Waals surface area contributed by atoms with Gasteiger partial charge in [0.15, 0.2) is 0 Å². The largest absolute Gasteiger partial charge is 0.265 e. The van der Waals surface area contributed by atoms with Gasteiger partial charge in [-0.15, -0.1) is 0 Å². The number of hydrogen-bond donors (Lipinski definition) is 0. The van der Waals surface area contributed by atoms with Crippen LogP contribution in [-0.4, -0.2) is 6.72 Å². The summed E-state index contributed by atoms with van der Waals surface area (Å²) in [6, 6.07) is 57.2. The molecule has 0 bridgehead atoms. The molecule has 1 aliphatic carbocycles. The summed E-state index contributed by atoms with van der Waals surface area (Å²) in [6.07, 6.45) is 5.08. The topological polar surface area (TPSA) is 83.7 Å². The van der Waals surface area contributed by atoms with E-state index in [9.17, 15) is 0 Å². The molecule has 1 aliphatic rings. The van der Waals surface area contributed by atoms with Crippen LogP contribution in [0.5, 0.6) is 0 Å². The highest BCUT2D eigenvalue weighted by Gasteiger charge is 2.38. The summed E-state index contributed by atoms with van der Waals surface area (Å²) in [4.78, 5) is 3.95. The van der Waals surface area contributed by atoms with Crippen molar-refractivity contribution >= 4 is 77.4 Å². The second-order valence-corrected chi connectivity index (χ2v) is 17.7. The van der Waals surface area contributed by atoms with E-state index in [4.69, 9.17) is 47.8 Å². The van der Waals surface area contributed by atoms with Crippen molar-refractivity contribution in [1.82, 2.24) is 0 Å². The maximum absolute atomic E-state index is 9.11. The summed E-state index contributed by atoms with van der Waals surface area (Å²) in [7, 11) is 22.6. The van der Waals surface area contributed by atoms with E-state index in [0.717, 1.165) is 33.5 Å². The van der Waals surface area contributed by atoms with Crippen molar-refractivity contribution in [2.45, 2.75) is 46.8 Å². The summed E-state index contributed by atoms with van der Waals surface area (Å²) >= 11 is 0. The lowest BCUT2D eigenvalue weighted by Crippen LogP contribution is -2.24. The number of hydrogen-bond acceptors (Lipinski definition) is 7. The van der Waals surface area contributed by atoms with Crippen LogP contribution >= 0.6 is 65.0 Å². The Labute approximate surface area is 368 Å². The monoisotopic (exact) mass is 872 g/mol. The van der Waals surface area contributed by atoms with E-state index in [1.165, 1.54) is 64.2 Å². The molecule has 0 radical (unpaired) electrons. The molecule has 0 aliphatic heterocycles. The van der Waals surface area contributed by atoms with E-state index in [1.54, 1.807) is 24.3 Å². The Morgan fingerprint density at radius 1 is 0.534 bits per heavy atom. The van der Waals surface area contributed by atoms with Gasteiger partial charge in [-0.05, 0) is 173 Å². The fourth-order valence-electron chi connectivity index (χ4n) is 6.97. The van der Waals surface area contributed by atoms with E-state index in [2.05, 4.69) is 79.3 Å². The molecule has 290 valence electrons. The molecule has 6 aromatic carbocycles. The van der Waals surface area contributed by atoms with Gasteiger partial charge < -0.3 is 0 Å². The molecule has 4 nitrogen and oxygen atoms in total. The van der Waals surface area contributed by atoms with Crippen LogP contribution in [0.1, 0.15) is 82.7 Å². The summed E-state index contributed by atoms with van der Waals surface area (Å²) < 4.78 is -0.803. The summed E-state index contributed by atoms with van der Waals surface area (Å²) in [5.41, 5.74) is 9.06. The number of aliphatic imine (C=N–C) groups is 1. The maximum Gasteiger partial charge on any atom is 0.106 e. The van der Waals surface area contributed by atoms with Crippen molar-refractivity contribution in [2.75, 3.05) is 0 Å². The molecule has 1 atom stereocenters. The first-order valence-electron chi connectivity index (χ1n) is 18.3. The molecular formula is C48H39Cl3N4S3. The summed E-state index contributed by atoms with van der Waals surface area (Å²) in [6.45, 7) is 5.64. The van der Waals surface area contributed by atoms with Crippen molar-refractivity contribution in [2.24, 2.45) is 4.99 Å². The second-order valence-electron chi connectivity index (χ2n) is 13.7. The van der Waals surface area contributed by atoms with Gasteiger partial charge in [-0.2, -0.15) is 15.8 Å². The van der Waals surface area contributed by atoms with Crippen molar-refractivity contribution in [3.05, 3.63) is 208 Å². The standard InChI is InChI=1S/C22H14ClN3S.C15H12ClNS.C11H13ClS/c1-26-21-12-10-20(11-13-21)22(27-23,18-6-2-16(14-24)3-7-18)19-8-4-17(15-25)5-9-19;1-15(18-16,13-5-3-2-4-6-13)14-9-7-12(11-17)8-10-14;12-13-11(8-4-5-9-11)10-6-2-1-3-7-10/h2-13H,1H2;2-10H,1H3;1-3,6-7H,4-5,8-9H2. The number of rotatable bonds is 10. The minimum absolute atomic E-state index is 0.211. The summed E-state index contributed by atoms with van der Waals surface area (Å²) in [5, 5.41) is 27.0. The molecular weight excluding hydrogens is 835 g/mol. The first kappa shape index (κ1) is 44.5. The first-order valence-corrected chi connectivity index (χ1v) is 23.3. The lowest BCUT2D eigenvalue weighted by molar-refractivity contribution is 0.657. The minimum Gasteiger partial charge on any atom is -0.265 e. The highest BCUT2D eigenvalue weighted by Crippen LogP contribution is 2.52. The molecule has 58 heavy (non-hydrogen) atoms. The number of halogens is 3. The van der Waals surface area contributed by atoms with Gasteiger partial charge in [0.25, 0.3) is 0 Å².